The summed E-state index contributed by atoms with van der Waals surface area (Å²) in [4.78, 5) is 0. The van der Waals surface area contributed by atoms with Crippen LogP contribution in [-0.2, 0) is 0 Å². The molecule has 2 rings (SSSR count). The van der Waals surface area contributed by atoms with E-state index in [1.807, 2.05) is 7.05 Å². The minimum Gasteiger partial charge on any atom is -0.459 e. The van der Waals surface area contributed by atoms with E-state index in [4.69, 9.17) is 4.42 Å². The maximum atomic E-state index is 5.95. The minimum absolute atomic E-state index is 0.278. The molecule has 1 aromatic carbocycles. The van der Waals surface area contributed by atoms with Gasteiger partial charge in [0.1, 0.15) is 11.3 Å². The van der Waals surface area contributed by atoms with Crippen LogP contribution in [0.1, 0.15) is 51.0 Å². The van der Waals surface area contributed by atoms with Crippen LogP contribution in [0.25, 0.3) is 11.0 Å². The smallest absolute Gasteiger partial charge is 0.134 e. The van der Waals surface area contributed by atoms with E-state index < -0.39 is 0 Å². The third-order valence-corrected chi connectivity index (χ3v) is 3.51. The largest absolute Gasteiger partial charge is 0.459 e. The third kappa shape index (κ3) is 2.44. The van der Waals surface area contributed by atoms with Gasteiger partial charge in [-0.3, -0.25) is 0 Å². The maximum Gasteiger partial charge on any atom is 0.134 e. The zero-order valence-corrected chi connectivity index (χ0v) is 11.9. The Balaban J connectivity index is 2.43. The quantitative estimate of drug-likeness (QED) is 0.859. The molecule has 1 aromatic heterocycles. The summed E-state index contributed by atoms with van der Waals surface area (Å²) < 4.78 is 5.95. The number of hydrogen-bond donors (Lipinski definition) is 1. The molecule has 1 N–H and O–H groups in total. The van der Waals surface area contributed by atoms with Crippen molar-refractivity contribution in [3.8, 4) is 0 Å². The van der Waals surface area contributed by atoms with Gasteiger partial charge < -0.3 is 9.73 Å². The molecule has 0 bridgehead atoms. The lowest BCUT2D eigenvalue weighted by atomic mass is 10.00. The first-order chi connectivity index (χ1) is 8.52. The van der Waals surface area contributed by atoms with Gasteiger partial charge in [-0.05, 0) is 42.6 Å². The molecule has 2 aromatic rings. The number of benzene rings is 1. The van der Waals surface area contributed by atoms with E-state index in [2.05, 4.69) is 57.3 Å². The number of rotatable bonds is 4. The van der Waals surface area contributed by atoms with E-state index in [9.17, 15) is 0 Å². The molecule has 0 fully saturated rings. The molecule has 1 unspecified atom stereocenters. The standard InChI is InChI=1S/C16H23NO/c1-10(2)12-6-7-14-13(8-12)9-15(18-14)16(17-5)11(3)4/h6-11,16-17H,1-5H3. The summed E-state index contributed by atoms with van der Waals surface area (Å²) in [6.45, 7) is 8.83. The van der Waals surface area contributed by atoms with Crippen LogP contribution < -0.4 is 5.32 Å². The minimum atomic E-state index is 0.278. The van der Waals surface area contributed by atoms with Crippen molar-refractivity contribution in [3.63, 3.8) is 0 Å². The second-order valence-corrected chi connectivity index (χ2v) is 5.61. The van der Waals surface area contributed by atoms with Crippen molar-refractivity contribution in [1.82, 2.24) is 5.32 Å². The highest BCUT2D eigenvalue weighted by molar-refractivity contribution is 5.79. The Morgan fingerprint density at radius 2 is 1.78 bits per heavy atom. The predicted octanol–water partition coefficient (Wildman–Crippen LogP) is 4.47. The lowest BCUT2D eigenvalue weighted by Gasteiger charge is -2.16. The van der Waals surface area contributed by atoms with Crippen molar-refractivity contribution >= 4 is 11.0 Å². The number of fused-ring (bicyclic) bond motifs is 1. The molecule has 0 spiro atoms. The molecule has 2 heteroatoms. The molecule has 0 amide bonds. The molecule has 0 radical (unpaired) electrons. The highest BCUT2D eigenvalue weighted by Crippen LogP contribution is 2.29. The van der Waals surface area contributed by atoms with Gasteiger partial charge in [0.2, 0.25) is 0 Å². The summed E-state index contributed by atoms with van der Waals surface area (Å²) in [5.41, 5.74) is 2.34. The lowest BCUT2D eigenvalue weighted by Crippen LogP contribution is -2.20. The van der Waals surface area contributed by atoms with Crippen LogP contribution in [0.5, 0.6) is 0 Å². The molecule has 1 heterocycles. The first-order valence-electron chi connectivity index (χ1n) is 6.73. The van der Waals surface area contributed by atoms with Crippen molar-refractivity contribution in [2.45, 2.75) is 39.7 Å². The van der Waals surface area contributed by atoms with Crippen molar-refractivity contribution in [3.05, 3.63) is 35.6 Å². The van der Waals surface area contributed by atoms with Crippen LogP contribution in [0, 0.1) is 5.92 Å². The Morgan fingerprint density at radius 3 is 2.33 bits per heavy atom. The number of nitrogens with one attached hydrogen (secondary N) is 1. The first-order valence-corrected chi connectivity index (χ1v) is 6.73. The summed E-state index contributed by atoms with van der Waals surface area (Å²) in [7, 11) is 1.98. The molecule has 98 valence electrons. The van der Waals surface area contributed by atoms with Gasteiger partial charge in [0.05, 0.1) is 6.04 Å². The van der Waals surface area contributed by atoms with Crippen LogP contribution in [0.2, 0.25) is 0 Å². The average Bonchev–Trinajstić information content (AvgIpc) is 2.71. The molecule has 0 saturated carbocycles. The predicted molar refractivity (Wildman–Crippen MR) is 76.9 cm³/mol. The lowest BCUT2D eigenvalue weighted by molar-refractivity contribution is 0.371. The normalized spacial score (nSPS) is 13.7. The molecule has 0 aliphatic carbocycles. The van der Waals surface area contributed by atoms with Gasteiger partial charge in [-0.2, -0.15) is 0 Å². The van der Waals surface area contributed by atoms with Crippen LogP contribution in [0.15, 0.2) is 28.7 Å². The van der Waals surface area contributed by atoms with E-state index in [1.165, 1.54) is 10.9 Å². The molecule has 0 aliphatic heterocycles. The van der Waals surface area contributed by atoms with E-state index in [1.54, 1.807) is 0 Å². The van der Waals surface area contributed by atoms with E-state index in [-0.39, 0.29) is 6.04 Å². The highest BCUT2D eigenvalue weighted by atomic mass is 16.3. The summed E-state index contributed by atoms with van der Waals surface area (Å²) in [5.74, 6) is 2.10. The Morgan fingerprint density at radius 1 is 1.06 bits per heavy atom. The van der Waals surface area contributed by atoms with E-state index in [0.29, 0.717) is 11.8 Å². The van der Waals surface area contributed by atoms with Gasteiger partial charge in [-0.15, -0.1) is 0 Å². The Bertz CT molecular complexity index is 525. The van der Waals surface area contributed by atoms with Crippen molar-refractivity contribution in [2.24, 2.45) is 5.92 Å². The van der Waals surface area contributed by atoms with Crippen molar-refractivity contribution in [2.75, 3.05) is 7.05 Å². The number of furan rings is 1. The number of hydrogen-bond acceptors (Lipinski definition) is 2. The topological polar surface area (TPSA) is 25.2 Å². The Labute approximate surface area is 109 Å². The van der Waals surface area contributed by atoms with Crippen LogP contribution in [0.3, 0.4) is 0 Å². The molecule has 0 saturated heterocycles. The van der Waals surface area contributed by atoms with Crippen LogP contribution in [-0.4, -0.2) is 7.05 Å². The Kier molecular flexibility index (Phi) is 3.76. The molecular weight excluding hydrogens is 222 g/mol. The van der Waals surface area contributed by atoms with E-state index in [0.717, 1.165) is 11.3 Å². The molecule has 18 heavy (non-hydrogen) atoms. The van der Waals surface area contributed by atoms with Gasteiger partial charge in [0.15, 0.2) is 0 Å². The first kappa shape index (κ1) is 13.2. The van der Waals surface area contributed by atoms with Gasteiger partial charge in [0.25, 0.3) is 0 Å². The highest BCUT2D eigenvalue weighted by Gasteiger charge is 2.18. The summed E-state index contributed by atoms with van der Waals surface area (Å²) >= 11 is 0. The summed E-state index contributed by atoms with van der Waals surface area (Å²) in [6.07, 6.45) is 0. The van der Waals surface area contributed by atoms with Gasteiger partial charge in [0, 0.05) is 5.39 Å². The second kappa shape index (κ2) is 5.15. The fraction of sp³-hybridized carbons (Fsp3) is 0.500. The van der Waals surface area contributed by atoms with E-state index >= 15 is 0 Å². The molecule has 1 atom stereocenters. The monoisotopic (exact) mass is 245 g/mol. The van der Waals surface area contributed by atoms with Gasteiger partial charge in [-0.25, -0.2) is 0 Å². The van der Waals surface area contributed by atoms with Crippen molar-refractivity contribution in [1.29, 1.82) is 0 Å². The summed E-state index contributed by atoms with van der Waals surface area (Å²) in [6, 6.07) is 8.92. The third-order valence-electron chi connectivity index (χ3n) is 3.51. The summed E-state index contributed by atoms with van der Waals surface area (Å²) in [5, 5.41) is 4.53. The zero-order valence-electron chi connectivity index (χ0n) is 11.9. The molecular formula is C16H23NO. The zero-order chi connectivity index (χ0) is 13.3. The van der Waals surface area contributed by atoms with Gasteiger partial charge in [-0.1, -0.05) is 33.8 Å². The van der Waals surface area contributed by atoms with Crippen LogP contribution >= 0.6 is 0 Å². The average molecular weight is 245 g/mol. The SMILES string of the molecule is CNC(c1cc2cc(C(C)C)ccc2o1)C(C)C. The fourth-order valence-electron chi connectivity index (χ4n) is 2.40. The van der Waals surface area contributed by atoms with Crippen molar-refractivity contribution < 1.29 is 4.42 Å². The van der Waals surface area contributed by atoms with Gasteiger partial charge >= 0.3 is 0 Å². The molecule has 0 aliphatic rings. The fourth-order valence-corrected chi connectivity index (χ4v) is 2.40. The second-order valence-electron chi connectivity index (χ2n) is 5.61. The Hall–Kier alpha value is -1.28. The maximum absolute atomic E-state index is 5.95. The molecule has 2 nitrogen and oxygen atoms in total. The van der Waals surface area contributed by atoms with Crippen LogP contribution in [0.4, 0.5) is 0 Å².